The fourth-order valence-electron chi connectivity index (χ4n) is 2.63. The van der Waals surface area contributed by atoms with Crippen LogP contribution in [0.5, 0.6) is 0 Å². The quantitative estimate of drug-likeness (QED) is 0.899. The third-order valence-corrected chi connectivity index (χ3v) is 4.54. The van der Waals surface area contributed by atoms with E-state index in [1.54, 1.807) is 23.1 Å². The highest BCUT2D eigenvalue weighted by Gasteiger charge is 2.26. The van der Waals surface area contributed by atoms with Gasteiger partial charge in [0.25, 0.3) is 0 Å². The molecule has 2 aromatic rings. The lowest BCUT2D eigenvalue weighted by molar-refractivity contribution is 0.236. The van der Waals surface area contributed by atoms with Crippen molar-refractivity contribution in [2.45, 2.75) is 25.4 Å². The Morgan fingerprint density at radius 3 is 3.05 bits per heavy atom. The normalized spacial score (nSPS) is 16.4. The molecule has 0 fully saturated rings. The van der Waals surface area contributed by atoms with E-state index in [9.17, 15) is 4.79 Å². The Hall–Kier alpha value is -1.79. The van der Waals surface area contributed by atoms with Crippen molar-refractivity contribution < 1.29 is 4.79 Å². The Morgan fingerprint density at radius 1 is 1.41 bits per heavy atom. The first-order valence-electron chi connectivity index (χ1n) is 7.00. The van der Waals surface area contributed by atoms with E-state index in [0.29, 0.717) is 23.1 Å². The first-order valence-corrected chi connectivity index (χ1v) is 7.76. The van der Waals surface area contributed by atoms with E-state index in [4.69, 9.17) is 23.2 Å². The molecular weight excluding hydrogens is 325 g/mol. The number of fused-ring (bicyclic) bond motifs is 1. The molecule has 1 atom stereocenters. The molecule has 8 heteroatoms. The summed E-state index contributed by atoms with van der Waals surface area (Å²) < 4.78 is 1.66. The first kappa shape index (κ1) is 15.1. The van der Waals surface area contributed by atoms with Crippen molar-refractivity contribution in [2.75, 3.05) is 6.54 Å². The molecule has 0 spiro atoms. The number of carbonyl (C=O) groups is 1. The highest BCUT2D eigenvalue weighted by atomic mass is 35.5. The molecule has 0 saturated heterocycles. The standard InChI is InChI=1S/C14H15Cl2N5O/c15-11-3-1-9-10(13(11)16)2-4-12(9)19-14(22)17-5-7-21-8-6-18-20-21/h1,3,6,8,12H,2,4-5,7H2,(H2,17,19,22)/t12-/m0/s1. The molecule has 22 heavy (non-hydrogen) atoms. The van der Waals surface area contributed by atoms with E-state index in [1.807, 2.05) is 6.07 Å². The Labute approximate surface area is 137 Å². The van der Waals surface area contributed by atoms with Crippen molar-refractivity contribution in [1.29, 1.82) is 0 Å². The monoisotopic (exact) mass is 339 g/mol. The van der Waals surface area contributed by atoms with Gasteiger partial charge in [0.2, 0.25) is 0 Å². The number of urea groups is 1. The number of rotatable bonds is 4. The summed E-state index contributed by atoms with van der Waals surface area (Å²) in [5.41, 5.74) is 2.07. The van der Waals surface area contributed by atoms with Crippen LogP contribution in [-0.4, -0.2) is 27.6 Å². The van der Waals surface area contributed by atoms with E-state index in [1.165, 1.54) is 0 Å². The number of nitrogens with one attached hydrogen (secondary N) is 2. The fraction of sp³-hybridized carbons (Fsp3) is 0.357. The number of amides is 2. The van der Waals surface area contributed by atoms with Gasteiger partial charge >= 0.3 is 6.03 Å². The maximum Gasteiger partial charge on any atom is 0.315 e. The Balaban J connectivity index is 1.54. The number of hydrogen-bond donors (Lipinski definition) is 2. The summed E-state index contributed by atoms with van der Waals surface area (Å²) in [4.78, 5) is 12.0. The van der Waals surface area contributed by atoms with Crippen LogP contribution in [0, 0.1) is 0 Å². The third-order valence-electron chi connectivity index (χ3n) is 3.69. The van der Waals surface area contributed by atoms with Crippen molar-refractivity contribution in [3.63, 3.8) is 0 Å². The zero-order valence-electron chi connectivity index (χ0n) is 11.7. The van der Waals surface area contributed by atoms with Gasteiger partial charge in [-0.15, -0.1) is 5.10 Å². The Morgan fingerprint density at radius 2 is 2.27 bits per heavy atom. The van der Waals surface area contributed by atoms with Gasteiger partial charge in [0, 0.05) is 12.7 Å². The summed E-state index contributed by atoms with van der Waals surface area (Å²) >= 11 is 12.2. The molecule has 2 amide bonds. The van der Waals surface area contributed by atoms with Gasteiger partial charge in [-0.25, -0.2) is 4.79 Å². The van der Waals surface area contributed by atoms with Gasteiger partial charge in [-0.05, 0) is 30.0 Å². The van der Waals surface area contributed by atoms with Crippen LogP contribution in [0.4, 0.5) is 4.79 Å². The second kappa shape index (κ2) is 6.54. The van der Waals surface area contributed by atoms with Crippen LogP contribution in [0.3, 0.4) is 0 Å². The number of aromatic nitrogens is 3. The second-order valence-electron chi connectivity index (χ2n) is 5.09. The Bertz CT molecular complexity index is 674. The van der Waals surface area contributed by atoms with Gasteiger partial charge < -0.3 is 10.6 Å². The SMILES string of the molecule is O=C(NCCn1ccnn1)N[C@H]1CCc2c1ccc(Cl)c2Cl. The maximum atomic E-state index is 12.0. The zero-order chi connectivity index (χ0) is 15.5. The first-order chi connectivity index (χ1) is 10.6. The minimum atomic E-state index is -0.205. The molecule has 0 bridgehead atoms. The van der Waals surface area contributed by atoms with Gasteiger partial charge in [0.05, 0.1) is 28.8 Å². The molecule has 6 nitrogen and oxygen atoms in total. The van der Waals surface area contributed by atoms with Crippen molar-refractivity contribution in [1.82, 2.24) is 25.6 Å². The Kier molecular flexibility index (Phi) is 4.49. The largest absolute Gasteiger partial charge is 0.336 e. The summed E-state index contributed by atoms with van der Waals surface area (Å²) in [7, 11) is 0. The second-order valence-corrected chi connectivity index (χ2v) is 5.87. The lowest BCUT2D eigenvalue weighted by Crippen LogP contribution is -2.38. The minimum absolute atomic E-state index is 0.0314. The van der Waals surface area contributed by atoms with Gasteiger partial charge in [-0.3, -0.25) is 4.68 Å². The van der Waals surface area contributed by atoms with Crippen LogP contribution < -0.4 is 10.6 Å². The number of nitrogens with zero attached hydrogens (tertiary/aromatic N) is 3. The third kappa shape index (κ3) is 3.18. The summed E-state index contributed by atoms with van der Waals surface area (Å²) in [6.07, 6.45) is 4.99. The molecular formula is C14H15Cl2N5O. The predicted octanol–water partition coefficient (Wildman–Crippen LogP) is 2.57. The summed E-state index contributed by atoms with van der Waals surface area (Å²) in [5, 5.41) is 14.5. The molecule has 116 valence electrons. The van der Waals surface area contributed by atoms with Crippen LogP contribution >= 0.6 is 23.2 Å². The topological polar surface area (TPSA) is 71.8 Å². The lowest BCUT2D eigenvalue weighted by Gasteiger charge is -2.15. The highest BCUT2D eigenvalue weighted by molar-refractivity contribution is 6.42. The summed E-state index contributed by atoms with van der Waals surface area (Å²) in [6.45, 7) is 1.06. The van der Waals surface area contributed by atoms with Crippen molar-refractivity contribution >= 4 is 29.2 Å². The summed E-state index contributed by atoms with van der Waals surface area (Å²) in [5.74, 6) is 0. The van der Waals surface area contributed by atoms with Crippen LogP contribution in [0.15, 0.2) is 24.5 Å². The number of halogens is 2. The van der Waals surface area contributed by atoms with Crippen molar-refractivity contribution in [3.05, 3.63) is 45.7 Å². The highest BCUT2D eigenvalue weighted by Crippen LogP contribution is 2.38. The zero-order valence-corrected chi connectivity index (χ0v) is 13.2. The van der Waals surface area contributed by atoms with Crippen LogP contribution in [-0.2, 0) is 13.0 Å². The molecule has 1 aromatic heterocycles. The predicted molar refractivity (Wildman–Crippen MR) is 84.1 cm³/mol. The number of hydrogen-bond acceptors (Lipinski definition) is 3. The van der Waals surface area contributed by atoms with E-state index >= 15 is 0 Å². The van der Waals surface area contributed by atoms with Gasteiger partial charge in [0.15, 0.2) is 0 Å². The van der Waals surface area contributed by atoms with Gasteiger partial charge in [-0.1, -0.05) is 34.5 Å². The van der Waals surface area contributed by atoms with Gasteiger partial charge in [-0.2, -0.15) is 0 Å². The van der Waals surface area contributed by atoms with Crippen molar-refractivity contribution in [2.24, 2.45) is 0 Å². The summed E-state index contributed by atoms with van der Waals surface area (Å²) in [6, 6.07) is 3.46. The van der Waals surface area contributed by atoms with E-state index in [0.717, 1.165) is 24.0 Å². The maximum absolute atomic E-state index is 12.0. The van der Waals surface area contributed by atoms with E-state index in [-0.39, 0.29) is 12.1 Å². The minimum Gasteiger partial charge on any atom is -0.336 e. The molecule has 0 saturated carbocycles. The average Bonchev–Trinajstić information content (AvgIpc) is 3.13. The molecule has 0 unspecified atom stereocenters. The average molecular weight is 340 g/mol. The molecule has 0 aliphatic heterocycles. The molecule has 1 aliphatic carbocycles. The molecule has 3 rings (SSSR count). The lowest BCUT2D eigenvalue weighted by atomic mass is 10.1. The smallest absolute Gasteiger partial charge is 0.315 e. The fourth-order valence-corrected chi connectivity index (χ4v) is 3.07. The van der Waals surface area contributed by atoms with Crippen LogP contribution in [0.25, 0.3) is 0 Å². The van der Waals surface area contributed by atoms with E-state index in [2.05, 4.69) is 20.9 Å². The van der Waals surface area contributed by atoms with Crippen molar-refractivity contribution in [3.8, 4) is 0 Å². The van der Waals surface area contributed by atoms with E-state index < -0.39 is 0 Å². The molecule has 1 aromatic carbocycles. The van der Waals surface area contributed by atoms with Gasteiger partial charge in [0.1, 0.15) is 0 Å². The molecule has 0 radical (unpaired) electrons. The van der Waals surface area contributed by atoms with Crippen LogP contribution in [0.1, 0.15) is 23.6 Å². The molecule has 2 N–H and O–H groups in total. The number of carbonyl (C=O) groups excluding carboxylic acids is 1. The number of benzene rings is 1. The van der Waals surface area contributed by atoms with Crippen LogP contribution in [0.2, 0.25) is 10.0 Å². The molecule has 1 aliphatic rings. The molecule has 1 heterocycles.